The highest BCUT2D eigenvalue weighted by Gasteiger charge is 2.02. The first-order valence-corrected chi connectivity index (χ1v) is 2.83. The number of anilines is 2. The lowest BCUT2D eigenvalue weighted by Gasteiger charge is -1.88. The quantitative estimate of drug-likeness (QED) is 0.480. The fourth-order valence-corrected chi connectivity index (χ4v) is 0.767. The van der Waals surface area contributed by atoms with Crippen LogP contribution in [0.5, 0.6) is 0 Å². The van der Waals surface area contributed by atoms with Gasteiger partial charge in [-0.15, -0.1) is 0 Å². The van der Waals surface area contributed by atoms with E-state index >= 15 is 0 Å². The van der Waals surface area contributed by atoms with Crippen LogP contribution in [-0.2, 0) is 0 Å². The van der Waals surface area contributed by atoms with Gasteiger partial charge in [-0.05, 0) is 19.4 Å². The lowest BCUT2D eigenvalue weighted by Crippen LogP contribution is -1.91. The minimum absolute atomic E-state index is 0.574. The summed E-state index contributed by atoms with van der Waals surface area (Å²) in [5, 5.41) is 0. The van der Waals surface area contributed by atoms with Crippen LogP contribution in [0.1, 0.15) is 11.3 Å². The number of aromatic amines is 1. The molecule has 0 amide bonds. The molecule has 0 aliphatic rings. The van der Waals surface area contributed by atoms with Crippen molar-refractivity contribution < 1.29 is 0 Å². The molecule has 3 heteroatoms. The Morgan fingerprint density at radius 2 is 1.78 bits per heavy atom. The van der Waals surface area contributed by atoms with Crippen LogP contribution in [0.4, 0.5) is 11.5 Å². The Hall–Kier alpha value is -1.12. The number of H-pyrrole nitrogens is 1. The summed E-state index contributed by atoms with van der Waals surface area (Å²) >= 11 is 0. The van der Waals surface area contributed by atoms with Crippen LogP contribution in [0.25, 0.3) is 0 Å². The summed E-state index contributed by atoms with van der Waals surface area (Å²) in [6.45, 7) is 3.89. The summed E-state index contributed by atoms with van der Waals surface area (Å²) in [5.41, 5.74) is 13.8. The lowest BCUT2D eigenvalue weighted by molar-refractivity contribution is 1.23. The molecule has 1 rings (SSSR count). The molecule has 0 saturated carbocycles. The number of aryl methyl sites for hydroxylation is 1. The number of hydrogen-bond donors (Lipinski definition) is 3. The molecule has 0 aromatic carbocycles. The highest BCUT2D eigenvalue weighted by molar-refractivity contribution is 5.65. The van der Waals surface area contributed by atoms with Gasteiger partial charge >= 0.3 is 0 Å². The number of hydrogen-bond acceptors (Lipinski definition) is 2. The van der Waals surface area contributed by atoms with Crippen molar-refractivity contribution in [2.75, 3.05) is 11.5 Å². The Morgan fingerprint density at radius 1 is 1.22 bits per heavy atom. The molecule has 5 N–H and O–H groups in total. The van der Waals surface area contributed by atoms with Crippen molar-refractivity contribution in [1.29, 1.82) is 0 Å². The van der Waals surface area contributed by atoms with Crippen molar-refractivity contribution in [2.24, 2.45) is 0 Å². The summed E-state index contributed by atoms with van der Waals surface area (Å²) in [4.78, 5) is 2.93. The van der Waals surface area contributed by atoms with Crippen molar-refractivity contribution in [1.82, 2.24) is 4.98 Å². The van der Waals surface area contributed by atoms with E-state index in [2.05, 4.69) is 4.98 Å². The first-order chi connectivity index (χ1) is 4.13. The van der Waals surface area contributed by atoms with Crippen LogP contribution in [0.15, 0.2) is 0 Å². The monoisotopic (exact) mass is 125 g/mol. The molecule has 9 heavy (non-hydrogen) atoms. The molecule has 3 nitrogen and oxygen atoms in total. The molecule has 1 aromatic heterocycles. The predicted octanol–water partition coefficient (Wildman–Crippen LogP) is 0.796. The van der Waals surface area contributed by atoms with Gasteiger partial charge in [0.1, 0.15) is 5.82 Å². The van der Waals surface area contributed by atoms with Gasteiger partial charge in [-0.25, -0.2) is 0 Å². The molecule has 0 fully saturated rings. The summed E-state index contributed by atoms with van der Waals surface area (Å²) in [5.74, 6) is 0.574. The molecule has 0 saturated heterocycles. The van der Waals surface area contributed by atoms with Gasteiger partial charge < -0.3 is 16.5 Å². The van der Waals surface area contributed by atoms with E-state index in [1.807, 2.05) is 13.8 Å². The predicted molar refractivity (Wildman–Crippen MR) is 39.1 cm³/mol. The average molecular weight is 125 g/mol. The number of nitrogens with two attached hydrogens (primary N) is 2. The Balaban J connectivity index is 3.29. The van der Waals surface area contributed by atoms with Crippen molar-refractivity contribution in [2.45, 2.75) is 13.8 Å². The zero-order valence-electron chi connectivity index (χ0n) is 5.65. The number of nitrogens with one attached hydrogen (secondary N) is 1. The van der Waals surface area contributed by atoms with Gasteiger partial charge in [-0.1, -0.05) is 0 Å². The molecule has 0 bridgehead atoms. The summed E-state index contributed by atoms with van der Waals surface area (Å²) in [7, 11) is 0. The maximum atomic E-state index is 5.55. The van der Waals surface area contributed by atoms with Crippen LogP contribution in [-0.4, -0.2) is 4.98 Å². The van der Waals surface area contributed by atoms with Crippen LogP contribution < -0.4 is 11.5 Å². The van der Waals surface area contributed by atoms with Gasteiger partial charge in [0.2, 0.25) is 0 Å². The molecule has 0 aliphatic carbocycles. The maximum Gasteiger partial charge on any atom is 0.124 e. The third-order valence-electron chi connectivity index (χ3n) is 1.58. The van der Waals surface area contributed by atoms with Crippen molar-refractivity contribution in [3.8, 4) is 0 Å². The normalized spacial score (nSPS) is 10.0. The molecule has 0 spiro atoms. The van der Waals surface area contributed by atoms with Gasteiger partial charge in [-0.3, -0.25) is 0 Å². The first kappa shape index (κ1) is 6.01. The number of nitrogen functional groups attached to an aromatic ring is 2. The fourth-order valence-electron chi connectivity index (χ4n) is 0.767. The Kier molecular flexibility index (Phi) is 1.12. The second-order valence-corrected chi connectivity index (χ2v) is 2.20. The maximum absolute atomic E-state index is 5.55. The zero-order valence-corrected chi connectivity index (χ0v) is 5.65. The van der Waals surface area contributed by atoms with Crippen LogP contribution in [0, 0.1) is 13.8 Å². The van der Waals surface area contributed by atoms with E-state index in [0.717, 1.165) is 11.3 Å². The number of rotatable bonds is 0. The minimum Gasteiger partial charge on any atom is -0.396 e. The van der Waals surface area contributed by atoms with Gasteiger partial charge in [-0.2, -0.15) is 0 Å². The van der Waals surface area contributed by atoms with E-state index in [-0.39, 0.29) is 0 Å². The molecule has 1 heterocycles. The Labute approximate surface area is 54.1 Å². The summed E-state index contributed by atoms with van der Waals surface area (Å²) in [6.07, 6.45) is 0. The second-order valence-electron chi connectivity index (χ2n) is 2.20. The Bertz CT molecular complexity index is 202. The SMILES string of the molecule is Cc1[nH]c(N)c(N)c1C. The van der Waals surface area contributed by atoms with E-state index in [9.17, 15) is 0 Å². The first-order valence-electron chi connectivity index (χ1n) is 2.83. The lowest BCUT2D eigenvalue weighted by atomic mass is 10.2. The third-order valence-corrected chi connectivity index (χ3v) is 1.58. The molecular formula is C6H11N3. The van der Waals surface area contributed by atoms with Crippen molar-refractivity contribution in [3.63, 3.8) is 0 Å². The highest BCUT2D eigenvalue weighted by atomic mass is 14.9. The van der Waals surface area contributed by atoms with Crippen LogP contribution >= 0.6 is 0 Å². The highest BCUT2D eigenvalue weighted by Crippen LogP contribution is 2.20. The molecular weight excluding hydrogens is 114 g/mol. The summed E-state index contributed by atoms with van der Waals surface area (Å²) < 4.78 is 0. The van der Waals surface area contributed by atoms with E-state index in [1.165, 1.54) is 0 Å². The van der Waals surface area contributed by atoms with E-state index in [1.54, 1.807) is 0 Å². The largest absolute Gasteiger partial charge is 0.396 e. The Morgan fingerprint density at radius 3 is 1.89 bits per heavy atom. The van der Waals surface area contributed by atoms with Gasteiger partial charge in [0.05, 0.1) is 5.69 Å². The van der Waals surface area contributed by atoms with Crippen LogP contribution in [0.2, 0.25) is 0 Å². The minimum atomic E-state index is 0.574. The van der Waals surface area contributed by atoms with Crippen molar-refractivity contribution in [3.05, 3.63) is 11.3 Å². The molecule has 0 radical (unpaired) electrons. The smallest absolute Gasteiger partial charge is 0.124 e. The topological polar surface area (TPSA) is 67.8 Å². The van der Waals surface area contributed by atoms with Gasteiger partial charge in [0.15, 0.2) is 0 Å². The van der Waals surface area contributed by atoms with Gasteiger partial charge in [0.25, 0.3) is 0 Å². The fraction of sp³-hybridized carbons (Fsp3) is 0.333. The second kappa shape index (κ2) is 1.69. The molecule has 0 aliphatic heterocycles. The average Bonchev–Trinajstić information content (AvgIpc) is 1.98. The van der Waals surface area contributed by atoms with Gasteiger partial charge in [0, 0.05) is 5.69 Å². The molecule has 0 unspecified atom stereocenters. The zero-order chi connectivity index (χ0) is 7.02. The summed E-state index contributed by atoms with van der Waals surface area (Å²) in [6, 6.07) is 0. The van der Waals surface area contributed by atoms with E-state index in [0.29, 0.717) is 11.5 Å². The number of aromatic nitrogens is 1. The molecule has 50 valence electrons. The molecule has 1 aromatic rings. The van der Waals surface area contributed by atoms with Crippen molar-refractivity contribution >= 4 is 11.5 Å². The standard InChI is InChI=1S/C6H11N3/c1-3-4(2)9-6(8)5(3)7/h9H,7-8H2,1-2H3. The third kappa shape index (κ3) is 0.740. The van der Waals surface area contributed by atoms with E-state index in [4.69, 9.17) is 11.5 Å². The van der Waals surface area contributed by atoms with E-state index < -0.39 is 0 Å². The van der Waals surface area contributed by atoms with Crippen LogP contribution in [0.3, 0.4) is 0 Å². The molecule has 0 atom stereocenters.